The second kappa shape index (κ2) is 7.39. The number of nitrogens with zero attached hydrogens (tertiary/aromatic N) is 3. The smallest absolute Gasteiger partial charge is 0.369 e. The Labute approximate surface area is 162 Å². The number of piperazine rings is 1. The molecular weight excluding hydrogens is 371 g/mol. The summed E-state index contributed by atoms with van der Waals surface area (Å²) in [6.45, 7) is 2.61. The first kappa shape index (κ1) is 19.2. The molecule has 1 aromatic carbocycles. The molecule has 28 heavy (non-hydrogen) atoms. The van der Waals surface area contributed by atoms with Crippen LogP contribution in [0.1, 0.15) is 31.2 Å². The minimum absolute atomic E-state index is 0.0463. The van der Waals surface area contributed by atoms with Crippen molar-refractivity contribution in [3.63, 3.8) is 0 Å². The lowest BCUT2D eigenvalue weighted by molar-refractivity contribution is -0.142. The van der Waals surface area contributed by atoms with E-state index >= 15 is 0 Å². The normalized spacial score (nSPS) is 26.7. The monoisotopic (exact) mass is 395 g/mol. The van der Waals surface area contributed by atoms with Crippen LogP contribution in [-0.4, -0.2) is 54.5 Å². The number of rotatable bonds is 3. The van der Waals surface area contributed by atoms with Crippen LogP contribution >= 0.6 is 0 Å². The number of benzene rings is 1. The average Bonchev–Trinajstić information content (AvgIpc) is 2.93. The fourth-order valence-corrected chi connectivity index (χ4v) is 4.60. The van der Waals surface area contributed by atoms with E-state index < -0.39 is 11.7 Å². The molecule has 0 N–H and O–H groups in total. The van der Waals surface area contributed by atoms with E-state index in [2.05, 4.69) is 0 Å². The van der Waals surface area contributed by atoms with E-state index in [-0.39, 0.29) is 23.7 Å². The summed E-state index contributed by atoms with van der Waals surface area (Å²) in [6, 6.07) is 5.36. The summed E-state index contributed by atoms with van der Waals surface area (Å²) < 4.78 is 38.8. The lowest BCUT2D eigenvalue weighted by Crippen LogP contribution is -2.51. The molecule has 2 atom stereocenters. The van der Waals surface area contributed by atoms with Crippen molar-refractivity contribution >= 4 is 17.5 Å². The maximum Gasteiger partial charge on any atom is 0.416 e. The first-order valence-electron chi connectivity index (χ1n) is 9.84. The Morgan fingerprint density at radius 1 is 0.929 bits per heavy atom. The van der Waals surface area contributed by atoms with Gasteiger partial charge in [-0.2, -0.15) is 13.2 Å². The Bertz CT molecular complexity index is 735. The molecule has 0 radical (unpaired) electrons. The molecule has 0 bridgehead atoms. The highest BCUT2D eigenvalue weighted by atomic mass is 19.4. The molecule has 5 nitrogen and oxygen atoms in total. The Morgan fingerprint density at radius 2 is 1.54 bits per heavy atom. The molecule has 1 aliphatic carbocycles. The molecule has 0 aromatic heterocycles. The van der Waals surface area contributed by atoms with Crippen molar-refractivity contribution in [1.82, 2.24) is 9.80 Å². The number of imide groups is 1. The number of fused-ring (bicyclic) bond motifs is 1. The SMILES string of the molecule is O=C1C2CCCCC2C(=O)N1CN1CCN(c2cccc(C(F)(F)F)c2)CC1. The minimum atomic E-state index is -4.36. The van der Waals surface area contributed by atoms with Crippen LogP contribution in [0.4, 0.5) is 18.9 Å². The van der Waals surface area contributed by atoms with Crippen LogP contribution in [0, 0.1) is 11.8 Å². The number of alkyl halides is 3. The zero-order valence-electron chi connectivity index (χ0n) is 15.6. The second-order valence-corrected chi connectivity index (χ2v) is 7.90. The van der Waals surface area contributed by atoms with E-state index in [0.717, 1.165) is 31.7 Å². The third-order valence-corrected chi connectivity index (χ3v) is 6.18. The van der Waals surface area contributed by atoms with E-state index in [4.69, 9.17) is 0 Å². The highest BCUT2D eigenvalue weighted by Crippen LogP contribution is 2.38. The molecular formula is C20H24F3N3O2. The lowest BCUT2D eigenvalue weighted by atomic mass is 9.81. The van der Waals surface area contributed by atoms with Gasteiger partial charge in [0.25, 0.3) is 0 Å². The first-order valence-corrected chi connectivity index (χ1v) is 9.84. The largest absolute Gasteiger partial charge is 0.416 e. The average molecular weight is 395 g/mol. The topological polar surface area (TPSA) is 43.9 Å². The van der Waals surface area contributed by atoms with Gasteiger partial charge in [0, 0.05) is 31.9 Å². The molecule has 4 rings (SSSR count). The van der Waals surface area contributed by atoms with Crippen molar-refractivity contribution in [3.05, 3.63) is 29.8 Å². The molecule has 1 saturated carbocycles. The summed E-state index contributed by atoms with van der Waals surface area (Å²) in [5.74, 6) is -0.384. The van der Waals surface area contributed by atoms with Gasteiger partial charge in [-0.05, 0) is 31.0 Å². The Kier molecular flexibility index (Phi) is 5.07. The quantitative estimate of drug-likeness (QED) is 0.739. The van der Waals surface area contributed by atoms with E-state index in [9.17, 15) is 22.8 Å². The maximum atomic E-state index is 12.9. The summed E-state index contributed by atoms with van der Waals surface area (Å²) in [5, 5.41) is 0. The summed E-state index contributed by atoms with van der Waals surface area (Å²) in [7, 11) is 0. The molecule has 2 amide bonds. The molecule has 2 aliphatic heterocycles. The third-order valence-electron chi connectivity index (χ3n) is 6.18. The maximum absolute atomic E-state index is 12.9. The molecule has 2 saturated heterocycles. The molecule has 1 aromatic rings. The summed E-state index contributed by atoms with van der Waals surface area (Å²) in [6.07, 6.45) is -0.747. The third kappa shape index (κ3) is 3.62. The second-order valence-electron chi connectivity index (χ2n) is 7.90. The van der Waals surface area contributed by atoms with Gasteiger partial charge in [0.2, 0.25) is 11.8 Å². The van der Waals surface area contributed by atoms with Crippen LogP contribution in [0.3, 0.4) is 0 Å². The minimum Gasteiger partial charge on any atom is -0.369 e. The van der Waals surface area contributed by atoms with Crippen molar-refractivity contribution in [3.8, 4) is 0 Å². The van der Waals surface area contributed by atoms with Gasteiger partial charge in [-0.15, -0.1) is 0 Å². The summed E-state index contributed by atoms with van der Waals surface area (Å²) in [4.78, 5) is 30.6. The highest BCUT2D eigenvalue weighted by Gasteiger charge is 2.48. The van der Waals surface area contributed by atoms with Crippen molar-refractivity contribution in [2.75, 3.05) is 37.7 Å². The Morgan fingerprint density at radius 3 is 2.11 bits per heavy atom. The lowest BCUT2D eigenvalue weighted by Gasteiger charge is -2.37. The van der Waals surface area contributed by atoms with E-state index in [1.54, 1.807) is 6.07 Å². The van der Waals surface area contributed by atoms with Gasteiger partial charge in [-0.25, -0.2) is 0 Å². The number of halogens is 3. The van der Waals surface area contributed by atoms with E-state index in [1.807, 2.05) is 9.80 Å². The number of amides is 2. The van der Waals surface area contributed by atoms with Crippen molar-refractivity contribution in [2.24, 2.45) is 11.8 Å². The van der Waals surface area contributed by atoms with Crippen molar-refractivity contribution in [2.45, 2.75) is 31.9 Å². The zero-order chi connectivity index (χ0) is 19.9. The van der Waals surface area contributed by atoms with Crippen LogP contribution < -0.4 is 4.90 Å². The van der Waals surface area contributed by atoms with Crippen LogP contribution in [-0.2, 0) is 15.8 Å². The standard InChI is InChI=1S/C20H24F3N3O2/c21-20(22,23)14-4-3-5-15(12-14)25-10-8-24(9-11-25)13-26-18(27)16-6-1-2-7-17(16)19(26)28/h3-5,12,16-17H,1-2,6-11,13H2. The molecule has 0 spiro atoms. The van der Waals surface area contributed by atoms with Gasteiger partial charge in [0.1, 0.15) is 0 Å². The number of carbonyl (C=O) groups excluding carboxylic acids is 2. The van der Waals surface area contributed by atoms with Crippen molar-refractivity contribution < 1.29 is 22.8 Å². The number of anilines is 1. The highest BCUT2D eigenvalue weighted by molar-refractivity contribution is 6.05. The Hall–Kier alpha value is -2.09. The van der Waals surface area contributed by atoms with Crippen LogP contribution in [0.15, 0.2) is 24.3 Å². The molecule has 8 heteroatoms. The van der Waals surface area contributed by atoms with Crippen LogP contribution in [0.25, 0.3) is 0 Å². The van der Waals surface area contributed by atoms with Crippen molar-refractivity contribution in [1.29, 1.82) is 0 Å². The molecule has 2 heterocycles. The summed E-state index contributed by atoms with van der Waals surface area (Å²) >= 11 is 0. The van der Waals surface area contributed by atoms with E-state index in [1.165, 1.54) is 17.0 Å². The van der Waals surface area contributed by atoms with E-state index in [0.29, 0.717) is 38.5 Å². The van der Waals surface area contributed by atoms with Gasteiger partial charge in [-0.3, -0.25) is 19.4 Å². The predicted octanol–water partition coefficient (Wildman–Crippen LogP) is 2.96. The van der Waals surface area contributed by atoms with Gasteiger partial charge in [0.05, 0.1) is 24.1 Å². The molecule has 2 unspecified atom stereocenters. The van der Waals surface area contributed by atoms with Gasteiger partial charge >= 0.3 is 6.18 Å². The zero-order valence-corrected chi connectivity index (χ0v) is 15.6. The van der Waals surface area contributed by atoms with Crippen LogP contribution in [0.2, 0.25) is 0 Å². The van der Waals surface area contributed by atoms with Crippen LogP contribution in [0.5, 0.6) is 0 Å². The fraction of sp³-hybridized carbons (Fsp3) is 0.600. The number of hydrogen-bond donors (Lipinski definition) is 0. The predicted molar refractivity (Wildman–Crippen MR) is 97.4 cm³/mol. The Balaban J connectivity index is 1.36. The number of likely N-dealkylation sites (tertiary alicyclic amines) is 1. The molecule has 3 aliphatic rings. The molecule has 152 valence electrons. The van der Waals surface area contributed by atoms with Gasteiger partial charge in [0.15, 0.2) is 0 Å². The fourth-order valence-electron chi connectivity index (χ4n) is 4.60. The first-order chi connectivity index (χ1) is 13.3. The molecule has 3 fully saturated rings. The summed E-state index contributed by atoms with van der Waals surface area (Å²) in [5.41, 5.74) is -0.0999. The van der Waals surface area contributed by atoms with Gasteiger partial charge < -0.3 is 4.90 Å². The van der Waals surface area contributed by atoms with Gasteiger partial charge in [-0.1, -0.05) is 18.9 Å². The number of hydrogen-bond acceptors (Lipinski definition) is 4. The number of carbonyl (C=O) groups is 2.